The Labute approximate surface area is 190 Å². The van der Waals surface area contributed by atoms with Gasteiger partial charge in [0.25, 0.3) is 0 Å². The maximum atomic E-state index is 3.76. The van der Waals surface area contributed by atoms with Crippen molar-refractivity contribution in [3.8, 4) is 0 Å². The van der Waals surface area contributed by atoms with Crippen LogP contribution < -0.4 is 42.4 Å². The van der Waals surface area contributed by atoms with Gasteiger partial charge in [-0.15, -0.1) is 0 Å². The van der Waals surface area contributed by atoms with Crippen molar-refractivity contribution in [1.29, 1.82) is 0 Å². The van der Waals surface area contributed by atoms with E-state index in [1.54, 1.807) is 16.0 Å². The number of hydrogen-bond acceptors (Lipinski definition) is 0. The molecule has 0 radical (unpaired) electrons. The van der Waals surface area contributed by atoms with E-state index in [4.69, 9.17) is 0 Å². The van der Waals surface area contributed by atoms with Crippen molar-refractivity contribution in [1.82, 2.24) is 0 Å². The molecule has 138 valence electrons. The standard InChI is InChI=1S/C20H29Si.3ClH.Ti/c1-5-7-8-9-18-14-20(13-17(18)6-2)21-19-11-15(3)10-16(4)12-19;;;;/h10-12H,5-9,14,21H2,1-4H3;3*1H;/q-1;;;;+4/p-3. The zero-order valence-corrected chi connectivity index (χ0v) is 21.1. The van der Waals surface area contributed by atoms with Crippen molar-refractivity contribution in [2.24, 2.45) is 0 Å². The Kier molecular flexibility index (Phi) is 18.8. The van der Waals surface area contributed by atoms with Crippen molar-refractivity contribution < 1.29 is 58.9 Å². The molecule has 5 heteroatoms. The third-order valence-corrected chi connectivity index (χ3v) is 5.99. The first kappa shape index (κ1) is 30.2. The molecule has 0 N–H and O–H groups in total. The summed E-state index contributed by atoms with van der Waals surface area (Å²) in [5, 5.41) is 3.21. The molecule has 1 aliphatic rings. The zero-order chi connectivity index (χ0) is 15.2. The number of halogens is 3. The Balaban J connectivity index is -0.00000121. The third-order valence-electron chi connectivity index (χ3n) is 4.32. The summed E-state index contributed by atoms with van der Waals surface area (Å²) in [5.74, 6) is 0. The number of benzene rings is 1. The molecular weight excluding hydrogens is 423 g/mol. The molecule has 0 fully saturated rings. The van der Waals surface area contributed by atoms with Crippen LogP contribution in [-0.2, 0) is 21.7 Å². The number of aryl methyl sites for hydroxylation is 2. The number of allylic oxidation sites excluding steroid dienone is 4. The quantitative estimate of drug-likeness (QED) is 0.223. The molecular formula is C20H29Cl3SiTi. The van der Waals surface area contributed by atoms with Gasteiger partial charge >= 0.3 is 21.7 Å². The van der Waals surface area contributed by atoms with Crippen molar-refractivity contribution >= 4 is 14.7 Å². The fraction of sp³-hybridized carbons (Fsp3) is 0.500. The van der Waals surface area contributed by atoms with Gasteiger partial charge in [-0.2, -0.15) is 5.20 Å². The van der Waals surface area contributed by atoms with Gasteiger partial charge in [-0.05, 0) is 13.8 Å². The summed E-state index contributed by atoms with van der Waals surface area (Å²) in [5.41, 5.74) is 6.03. The van der Waals surface area contributed by atoms with E-state index in [0.29, 0.717) is 0 Å². The van der Waals surface area contributed by atoms with Crippen LogP contribution in [0.15, 0.2) is 34.5 Å². The van der Waals surface area contributed by atoms with Gasteiger partial charge < -0.3 is 37.2 Å². The second kappa shape index (κ2) is 15.5. The fourth-order valence-corrected chi connectivity index (χ4v) is 5.47. The van der Waals surface area contributed by atoms with Gasteiger partial charge in [0.05, 0.1) is 9.52 Å². The maximum Gasteiger partial charge on any atom is 4.00 e. The van der Waals surface area contributed by atoms with E-state index in [9.17, 15) is 0 Å². The molecule has 0 spiro atoms. The Morgan fingerprint density at radius 1 is 0.960 bits per heavy atom. The number of rotatable bonds is 7. The van der Waals surface area contributed by atoms with Crippen molar-refractivity contribution in [3.63, 3.8) is 0 Å². The van der Waals surface area contributed by atoms with Crippen LogP contribution in [0.25, 0.3) is 0 Å². The predicted octanol–water partition coefficient (Wildman–Crippen LogP) is -4.52. The molecule has 0 unspecified atom stereocenters. The van der Waals surface area contributed by atoms with Gasteiger partial charge in [0.2, 0.25) is 0 Å². The van der Waals surface area contributed by atoms with Crippen LogP contribution in [0.4, 0.5) is 0 Å². The molecule has 0 aromatic heterocycles. The fourth-order valence-electron chi connectivity index (χ4n) is 3.40. The number of hydrogen-bond donors (Lipinski definition) is 0. The topological polar surface area (TPSA) is 0 Å². The van der Waals surface area contributed by atoms with E-state index >= 15 is 0 Å². The van der Waals surface area contributed by atoms with Crippen LogP contribution in [0.3, 0.4) is 0 Å². The van der Waals surface area contributed by atoms with Gasteiger partial charge in [-0.3, -0.25) is 6.08 Å². The Morgan fingerprint density at radius 3 is 2.08 bits per heavy atom. The molecule has 25 heavy (non-hydrogen) atoms. The van der Waals surface area contributed by atoms with E-state index < -0.39 is 0 Å². The SMILES string of the molecule is CCCCCC1=C(CC)[C-]=C([SiH2]c2cc(C)cc(C)c2)C1.[Cl-].[Cl-].[Cl-].[Ti+4]. The average molecular weight is 452 g/mol. The summed E-state index contributed by atoms with van der Waals surface area (Å²) in [4.78, 5) is 0. The molecule has 1 aromatic rings. The first-order chi connectivity index (χ1) is 10.1. The Hall–Kier alpha value is 0.501. The molecule has 0 saturated heterocycles. The van der Waals surface area contributed by atoms with Crippen LogP contribution in [0.1, 0.15) is 63.5 Å². The van der Waals surface area contributed by atoms with Crippen LogP contribution in [0.5, 0.6) is 0 Å². The average Bonchev–Trinajstić information content (AvgIpc) is 2.80. The van der Waals surface area contributed by atoms with Gasteiger partial charge in [0, 0.05) is 0 Å². The van der Waals surface area contributed by atoms with Gasteiger partial charge in [0.15, 0.2) is 0 Å². The summed E-state index contributed by atoms with van der Waals surface area (Å²) in [7, 11) is -0.315. The molecule has 0 aliphatic heterocycles. The molecule has 0 saturated carbocycles. The molecule has 2 rings (SSSR count). The van der Waals surface area contributed by atoms with E-state index in [1.165, 1.54) is 48.8 Å². The normalized spacial score (nSPS) is 12.9. The Morgan fingerprint density at radius 2 is 1.56 bits per heavy atom. The van der Waals surface area contributed by atoms with E-state index in [0.717, 1.165) is 6.42 Å². The van der Waals surface area contributed by atoms with Crippen molar-refractivity contribution in [2.45, 2.75) is 66.2 Å². The van der Waals surface area contributed by atoms with E-state index in [-0.39, 0.29) is 68.5 Å². The first-order valence-corrected chi connectivity index (χ1v) is 9.93. The van der Waals surface area contributed by atoms with Crippen LogP contribution >= 0.6 is 0 Å². The first-order valence-electron chi connectivity index (χ1n) is 8.52. The van der Waals surface area contributed by atoms with Crippen molar-refractivity contribution in [2.75, 3.05) is 0 Å². The molecule has 0 heterocycles. The molecule has 1 aromatic carbocycles. The van der Waals surface area contributed by atoms with Crippen LogP contribution in [-0.4, -0.2) is 9.52 Å². The molecule has 0 bridgehead atoms. The smallest absolute Gasteiger partial charge is 1.00 e. The van der Waals surface area contributed by atoms with Crippen LogP contribution in [0, 0.1) is 19.9 Å². The third kappa shape index (κ3) is 9.84. The summed E-state index contributed by atoms with van der Waals surface area (Å²) >= 11 is 0. The zero-order valence-electron chi connectivity index (χ0n) is 15.8. The molecule has 0 amide bonds. The van der Waals surface area contributed by atoms with Gasteiger partial charge in [0.1, 0.15) is 0 Å². The predicted molar refractivity (Wildman–Crippen MR) is 96.9 cm³/mol. The monoisotopic (exact) mass is 450 g/mol. The maximum absolute atomic E-state index is 3.76. The van der Waals surface area contributed by atoms with Gasteiger partial charge in [-0.25, -0.2) is 11.1 Å². The second-order valence-electron chi connectivity index (χ2n) is 6.47. The molecule has 0 nitrogen and oxygen atoms in total. The largest absolute Gasteiger partial charge is 4.00 e. The minimum absolute atomic E-state index is 0. The Bertz CT molecular complexity index is 548. The molecule has 1 aliphatic carbocycles. The van der Waals surface area contributed by atoms with Crippen molar-refractivity contribution in [3.05, 3.63) is 51.7 Å². The van der Waals surface area contributed by atoms with Crippen LogP contribution in [0.2, 0.25) is 0 Å². The van der Waals surface area contributed by atoms with Gasteiger partial charge in [-0.1, -0.05) is 86.9 Å². The summed E-state index contributed by atoms with van der Waals surface area (Å²) in [6, 6.07) is 7.04. The summed E-state index contributed by atoms with van der Waals surface area (Å²) in [6.45, 7) is 8.99. The summed E-state index contributed by atoms with van der Waals surface area (Å²) in [6.07, 6.45) is 11.5. The summed E-state index contributed by atoms with van der Waals surface area (Å²) < 4.78 is 0. The number of unbranched alkanes of at least 4 members (excludes halogenated alkanes) is 2. The second-order valence-corrected chi connectivity index (χ2v) is 8.49. The molecule has 0 atom stereocenters. The van der Waals surface area contributed by atoms with E-state index in [1.807, 2.05) is 0 Å². The van der Waals surface area contributed by atoms with E-state index in [2.05, 4.69) is 52.0 Å². The minimum Gasteiger partial charge on any atom is -1.00 e. The minimum atomic E-state index is -0.315.